The number of urea groups is 1. The summed E-state index contributed by atoms with van der Waals surface area (Å²) in [5.41, 5.74) is 1.38. The van der Waals surface area contributed by atoms with Crippen molar-refractivity contribution in [3.05, 3.63) is 76.8 Å². The van der Waals surface area contributed by atoms with E-state index in [1.54, 1.807) is 25.3 Å². The lowest BCUT2D eigenvalue weighted by atomic mass is 10.00. The monoisotopic (exact) mass is 436 g/mol. The maximum absolute atomic E-state index is 12.7. The Bertz CT molecular complexity index is 1160. The van der Waals surface area contributed by atoms with Gasteiger partial charge in [0.25, 0.3) is 5.56 Å². The van der Waals surface area contributed by atoms with E-state index < -0.39 is 23.6 Å². The van der Waals surface area contributed by atoms with Gasteiger partial charge in [0.2, 0.25) is 0 Å². The van der Waals surface area contributed by atoms with E-state index in [-0.39, 0.29) is 24.5 Å². The van der Waals surface area contributed by atoms with Gasteiger partial charge in [-0.05, 0) is 36.8 Å². The Labute approximate surface area is 184 Å². The number of anilines is 1. The van der Waals surface area contributed by atoms with Gasteiger partial charge in [0.15, 0.2) is 5.69 Å². The van der Waals surface area contributed by atoms with Crippen LogP contribution >= 0.6 is 0 Å². The molecule has 2 aromatic heterocycles. The molecule has 0 aliphatic carbocycles. The molecule has 0 aliphatic heterocycles. The van der Waals surface area contributed by atoms with Crippen molar-refractivity contribution in [1.82, 2.24) is 14.9 Å². The summed E-state index contributed by atoms with van der Waals surface area (Å²) in [6, 6.07) is 12.6. The van der Waals surface area contributed by atoms with Gasteiger partial charge in [-0.15, -0.1) is 0 Å². The molecule has 0 aliphatic rings. The van der Waals surface area contributed by atoms with Crippen LogP contribution in [0.2, 0.25) is 0 Å². The molecule has 9 nitrogen and oxygen atoms in total. The van der Waals surface area contributed by atoms with Crippen LogP contribution in [0.1, 0.15) is 24.9 Å². The molecule has 0 bridgehead atoms. The van der Waals surface area contributed by atoms with Gasteiger partial charge >= 0.3 is 12.0 Å². The fourth-order valence-corrected chi connectivity index (χ4v) is 3.13. The smallest absolute Gasteiger partial charge is 0.319 e. The van der Waals surface area contributed by atoms with Gasteiger partial charge in [0.1, 0.15) is 5.75 Å². The van der Waals surface area contributed by atoms with Crippen molar-refractivity contribution in [3.8, 4) is 17.0 Å². The molecule has 0 fully saturated rings. The summed E-state index contributed by atoms with van der Waals surface area (Å²) in [4.78, 5) is 41.4. The number of aromatic hydroxyl groups is 1. The minimum Gasteiger partial charge on any atom is -0.505 e. The zero-order chi connectivity index (χ0) is 23.1. The van der Waals surface area contributed by atoms with Crippen molar-refractivity contribution in [2.75, 3.05) is 11.9 Å². The number of esters is 1. The van der Waals surface area contributed by atoms with Gasteiger partial charge in [0, 0.05) is 25.0 Å². The number of aryl methyl sites for hydroxylation is 1. The average molecular weight is 436 g/mol. The van der Waals surface area contributed by atoms with E-state index in [1.807, 2.05) is 30.3 Å². The zero-order valence-electron chi connectivity index (χ0n) is 17.7. The third-order valence-corrected chi connectivity index (χ3v) is 4.72. The Morgan fingerprint density at radius 1 is 1.19 bits per heavy atom. The molecule has 1 unspecified atom stereocenters. The molecule has 2 heterocycles. The molecule has 0 radical (unpaired) electrons. The summed E-state index contributed by atoms with van der Waals surface area (Å²) in [6.07, 6.45) is 2.94. The molecule has 2 amide bonds. The first-order valence-corrected chi connectivity index (χ1v) is 10.0. The van der Waals surface area contributed by atoms with Crippen LogP contribution in [0.4, 0.5) is 10.5 Å². The van der Waals surface area contributed by atoms with E-state index >= 15 is 0 Å². The SMILES string of the molecule is CCOC(=O)CC(NC(=O)Nc1c(O)ccn(C)c1=O)c1cccc(-c2ccccn2)c1. The van der Waals surface area contributed by atoms with Crippen molar-refractivity contribution in [1.29, 1.82) is 0 Å². The highest BCUT2D eigenvalue weighted by atomic mass is 16.5. The highest BCUT2D eigenvalue weighted by Crippen LogP contribution is 2.24. The van der Waals surface area contributed by atoms with Gasteiger partial charge in [-0.3, -0.25) is 14.6 Å². The number of hydrogen-bond acceptors (Lipinski definition) is 6. The topological polar surface area (TPSA) is 123 Å². The van der Waals surface area contributed by atoms with Crippen LogP contribution in [0.15, 0.2) is 65.7 Å². The maximum Gasteiger partial charge on any atom is 0.319 e. The molecule has 9 heteroatoms. The number of carbonyl (C=O) groups excluding carboxylic acids is 2. The number of ether oxygens (including phenoxy) is 1. The summed E-state index contributed by atoms with van der Waals surface area (Å²) < 4.78 is 6.27. The number of aromatic nitrogens is 2. The third kappa shape index (κ3) is 5.51. The summed E-state index contributed by atoms with van der Waals surface area (Å²) in [6.45, 7) is 1.91. The lowest BCUT2D eigenvalue weighted by molar-refractivity contribution is -0.143. The van der Waals surface area contributed by atoms with Crippen molar-refractivity contribution >= 4 is 17.7 Å². The number of benzene rings is 1. The van der Waals surface area contributed by atoms with E-state index in [0.717, 1.165) is 11.3 Å². The Balaban J connectivity index is 1.87. The number of nitrogens with one attached hydrogen (secondary N) is 2. The second-order valence-corrected chi connectivity index (χ2v) is 6.99. The van der Waals surface area contributed by atoms with Gasteiger partial charge in [0.05, 0.1) is 24.8 Å². The van der Waals surface area contributed by atoms with Gasteiger partial charge in [-0.25, -0.2) is 4.79 Å². The maximum atomic E-state index is 12.7. The van der Waals surface area contributed by atoms with Gasteiger partial charge < -0.3 is 25.0 Å². The highest BCUT2D eigenvalue weighted by Gasteiger charge is 2.21. The minimum atomic E-state index is -0.749. The Kier molecular flexibility index (Phi) is 7.22. The third-order valence-electron chi connectivity index (χ3n) is 4.72. The second kappa shape index (κ2) is 10.3. The molecule has 32 heavy (non-hydrogen) atoms. The zero-order valence-corrected chi connectivity index (χ0v) is 17.7. The van der Waals surface area contributed by atoms with Crippen LogP contribution in [-0.2, 0) is 16.6 Å². The minimum absolute atomic E-state index is 0.119. The van der Waals surface area contributed by atoms with Crippen molar-refractivity contribution < 1.29 is 19.4 Å². The van der Waals surface area contributed by atoms with Gasteiger partial charge in [-0.2, -0.15) is 0 Å². The number of nitrogens with zero attached hydrogens (tertiary/aromatic N) is 2. The predicted molar refractivity (Wildman–Crippen MR) is 119 cm³/mol. The second-order valence-electron chi connectivity index (χ2n) is 6.99. The molecule has 166 valence electrons. The standard InChI is InChI=1S/C23H24N4O5/c1-3-32-20(29)14-18(16-8-6-7-15(13-16)17-9-4-5-11-24-17)25-23(31)26-21-19(28)10-12-27(2)22(21)30/h4-13,18,28H,3,14H2,1-2H3,(H2,25,26,31). The summed E-state index contributed by atoms with van der Waals surface area (Å²) in [7, 11) is 1.50. The quantitative estimate of drug-likeness (QED) is 0.490. The van der Waals surface area contributed by atoms with E-state index in [4.69, 9.17) is 4.74 Å². The fourth-order valence-electron chi connectivity index (χ4n) is 3.13. The number of rotatable bonds is 7. The normalized spacial score (nSPS) is 11.4. The Morgan fingerprint density at radius 3 is 2.72 bits per heavy atom. The number of carbonyl (C=O) groups is 2. The molecule has 3 aromatic rings. The first-order valence-electron chi connectivity index (χ1n) is 10.0. The van der Waals surface area contributed by atoms with E-state index in [9.17, 15) is 19.5 Å². The Morgan fingerprint density at radius 2 is 2.00 bits per heavy atom. The molecule has 3 N–H and O–H groups in total. The van der Waals surface area contributed by atoms with Gasteiger partial charge in [-0.1, -0.05) is 24.3 Å². The Hall–Kier alpha value is -4.14. The lowest BCUT2D eigenvalue weighted by Crippen LogP contribution is -2.36. The number of amides is 2. The van der Waals surface area contributed by atoms with Crippen LogP contribution in [0.25, 0.3) is 11.3 Å². The van der Waals surface area contributed by atoms with Crippen LogP contribution in [0.5, 0.6) is 5.75 Å². The van der Waals surface area contributed by atoms with Crippen LogP contribution in [-0.4, -0.2) is 33.3 Å². The summed E-state index contributed by atoms with van der Waals surface area (Å²) in [5.74, 6) is -0.846. The van der Waals surface area contributed by atoms with Crippen molar-refractivity contribution in [2.24, 2.45) is 7.05 Å². The highest BCUT2D eigenvalue weighted by molar-refractivity contribution is 5.91. The number of pyridine rings is 2. The first kappa shape index (κ1) is 22.5. The van der Waals surface area contributed by atoms with Crippen LogP contribution in [0, 0.1) is 0 Å². The van der Waals surface area contributed by atoms with E-state index in [1.165, 1.54) is 23.9 Å². The first-order chi connectivity index (χ1) is 15.4. The van der Waals surface area contributed by atoms with Crippen molar-refractivity contribution in [2.45, 2.75) is 19.4 Å². The largest absolute Gasteiger partial charge is 0.505 e. The summed E-state index contributed by atoms with van der Waals surface area (Å²) >= 11 is 0. The van der Waals surface area contributed by atoms with Crippen LogP contribution < -0.4 is 16.2 Å². The lowest BCUT2D eigenvalue weighted by Gasteiger charge is -2.20. The molecule has 0 saturated carbocycles. The molecular formula is C23H24N4O5. The van der Waals surface area contributed by atoms with E-state index in [0.29, 0.717) is 5.56 Å². The fraction of sp³-hybridized carbons (Fsp3) is 0.217. The molecule has 3 rings (SSSR count). The number of hydrogen-bond donors (Lipinski definition) is 3. The average Bonchev–Trinajstić information content (AvgIpc) is 2.80. The molecule has 0 spiro atoms. The van der Waals surface area contributed by atoms with Crippen molar-refractivity contribution in [3.63, 3.8) is 0 Å². The summed E-state index contributed by atoms with van der Waals surface area (Å²) in [5, 5.41) is 15.0. The van der Waals surface area contributed by atoms with Crippen LogP contribution in [0.3, 0.4) is 0 Å². The predicted octanol–water partition coefficient (Wildman–Crippen LogP) is 2.97. The molecule has 1 atom stereocenters. The molecular weight excluding hydrogens is 412 g/mol. The van der Waals surface area contributed by atoms with E-state index in [2.05, 4.69) is 15.6 Å². The molecule has 0 saturated heterocycles. The molecule has 1 aromatic carbocycles.